The molecule has 0 saturated carbocycles. The van der Waals surface area contributed by atoms with Crippen molar-refractivity contribution >= 4 is 29.1 Å². The lowest BCUT2D eigenvalue weighted by Gasteiger charge is -2.21. The molecule has 0 aliphatic rings. The van der Waals surface area contributed by atoms with E-state index < -0.39 is 11.9 Å². The Kier molecular flexibility index (Phi) is 9.07. The van der Waals surface area contributed by atoms with Crippen LogP contribution in [0.2, 0.25) is 0 Å². The molecule has 0 spiro atoms. The molecule has 2 amide bonds. The van der Waals surface area contributed by atoms with Crippen LogP contribution >= 0.6 is 12.2 Å². The van der Waals surface area contributed by atoms with Crippen LogP contribution in [0.25, 0.3) is 0 Å². The number of rotatable bonds is 8. The fraction of sp³-hybridized carbons (Fsp3) is 0.286. The molecule has 0 aliphatic heterocycles. The van der Waals surface area contributed by atoms with Gasteiger partial charge in [-0.3, -0.25) is 20.4 Å². The Bertz CT molecular complexity index is 802. The quantitative estimate of drug-likeness (QED) is 0.387. The first-order chi connectivity index (χ1) is 14.0. The lowest BCUT2D eigenvalue weighted by atomic mass is 10.0. The minimum Gasteiger partial charge on any atom is -0.383 e. The molecule has 0 radical (unpaired) electrons. The molecular weight excluding hydrogens is 388 g/mol. The molecule has 0 heterocycles. The van der Waals surface area contributed by atoms with Crippen molar-refractivity contribution in [3.8, 4) is 0 Å². The van der Waals surface area contributed by atoms with E-state index >= 15 is 0 Å². The second-order valence-corrected chi connectivity index (χ2v) is 6.93. The molecule has 2 rings (SSSR count). The van der Waals surface area contributed by atoms with Gasteiger partial charge in [0.05, 0.1) is 6.61 Å². The number of nitrogens with one attached hydrogen (secondary N) is 4. The molecule has 4 N–H and O–H groups in total. The third-order valence-corrected chi connectivity index (χ3v) is 4.25. The summed E-state index contributed by atoms with van der Waals surface area (Å²) in [5.74, 6) is -0.724. The van der Waals surface area contributed by atoms with Crippen molar-refractivity contribution in [1.29, 1.82) is 0 Å². The molecule has 0 aliphatic carbocycles. The molecule has 2 aromatic rings. The highest BCUT2D eigenvalue weighted by Gasteiger charge is 2.22. The van der Waals surface area contributed by atoms with Gasteiger partial charge >= 0.3 is 0 Å². The smallest absolute Gasteiger partial charge is 0.261 e. The van der Waals surface area contributed by atoms with Crippen molar-refractivity contribution in [2.45, 2.75) is 25.4 Å². The van der Waals surface area contributed by atoms with Gasteiger partial charge in [0, 0.05) is 25.1 Å². The van der Waals surface area contributed by atoms with E-state index in [0.29, 0.717) is 18.6 Å². The number of amides is 2. The number of hydrogen-bond donors (Lipinski definition) is 4. The van der Waals surface area contributed by atoms with Crippen molar-refractivity contribution < 1.29 is 14.3 Å². The monoisotopic (exact) mass is 414 g/mol. The number of carbonyl (C=O) groups excluding carboxylic acids is 2. The summed E-state index contributed by atoms with van der Waals surface area (Å²) in [6.07, 6.45) is 0.340. The molecule has 2 atom stereocenters. The zero-order valence-corrected chi connectivity index (χ0v) is 17.3. The van der Waals surface area contributed by atoms with E-state index in [-0.39, 0.29) is 17.1 Å². The van der Waals surface area contributed by atoms with E-state index in [0.717, 1.165) is 5.56 Å². The molecule has 154 valence electrons. The summed E-state index contributed by atoms with van der Waals surface area (Å²) in [5, 5.41) is 6.04. The van der Waals surface area contributed by atoms with Crippen LogP contribution in [-0.2, 0) is 16.0 Å². The topological polar surface area (TPSA) is 91.5 Å². The molecule has 0 aromatic heterocycles. The van der Waals surface area contributed by atoms with Gasteiger partial charge < -0.3 is 15.4 Å². The Labute approximate surface area is 176 Å². The minimum absolute atomic E-state index is 0.0187. The van der Waals surface area contributed by atoms with Gasteiger partial charge in [-0.15, -0.1) is 0 Å². The standard InChI is InChI=1S/C21H26N4O3S/c1-15(14-28-2)22-21(29)25-24-20(27)18(13-16-9-5-3-6-10-16)23-19(26)17-11-7-4-8-12-17/h3-12,15,18H,13-14H2,1-2H3,(H,23,26)(H,24,27)(H2,22,25,29)/t15-,18+/m0/s1. The normalized spacial score (nSPS) is 12.3. The summed E-state index contributed by atoms with van der Waals surface area (Å²) in [7, 11) is 1.60. The Morgan fingerprint density at radius 1 is 0.966 bits per heavy atom. The Morgan fingerprint density at radius 2 is 1.59 bits per heavy atom. The number of hydrazine groups is 1. The molecular formula is C21H26N4O3S. The molecule has 7 nitrogen and oxygen atoms in total. The maximum Gasteiger partial charge on any atom is 0.261 e. The van der Waals surface area contributed by atoms with E-state index in [4.69, 9.17) is 17.0 Å². The van der Waals surface area contributed by atoms with Crippen molar-refractivity contribution in [1.82, 2.24) is 21.5 Å². The molecule has 0 bridgehead atoms. The summed E-state index contributed by atoms with van der Waals surface area (Å²) in [6, 6.07) is 17.4. The van der Waals surface area contributed by atoms with E-state index in [1.807, 2.05) is 43.3 Å². The first kappa shape index (κ1) is 22.3. The maximum atomic E-state index is 12.7. The summed E-state index contributed by atoms with van der Waals surface area (Å²) < 4.78 is 5.04. The lowest BCUT2D eigenvalue weighted by molar-refractivity contribution is -0.123. The van der Waals surface area contributed by atoms with Crippen LogP contribution in [-0.4, -0.2) is 42.7 Å². The van der Waals surface area contributed by atoms with Gasteiger partial charge in [-0.05, 0) is 36.8 Å². The molecule has 0 saturated heterocycles. The Balaban J connectivity index is 2.01. The fourth-order valence-electron chi connectivity index (χ4n) is 2.65. The second-order valence-electron chi connectivity index (χ2n) is 6.53. The third-order valence-electron chi connectivity index (χ3n) is 4.03. The first-order valence-corrected chi connectivity index (χ1v) is 9.65. The van der Waals surface area contributed by atoms with E-state index in [1.54, 1.807) is 31.4 Å². The van der Waals surface area contributed by atoms with Gasteiger partial charge in [0.15, 0.2) is 5.11 Å². The molecule has 29 heavy (non-hydrogen) atoms. The summed E-state index contributed by atoms with van der Waals surface area (Å²) in [4.78, 5) is 25.3. The predicted molar refractivity (Wildman–Crippen MR) is 116 cm³/mol. The number of hydrogen-bond acceptors (Lipinski definition) is 4. The van der Waals surface area contributed by atoms with Crippen LogP contribution in [0.4, 0.5) is 0 Å². The lowest BCUT2D eigenvalue weighted by Crippen LogP contribution is -2.56. The minimum atomic E-state index is -0.781. The fourth-order valence-corrected chi connectivity index (χ4v) is 2.90. The number of ether oxygens (including phenoxy) is 1. The molecule has 8 heteroatoms. The highest BCUT2D eigenvalue weighted by Crippen LogP contribution is 2.05. The van der Waals surface area contributed by atoms with Gasteiger partial charge in [0.1, 0.15) is 6.04 Å². The number of thiocarbonyl (C=S) groups is 1. The molecule has 0 unspecified atom stereocenters. The number of benzene rings is 2. The number of methoxy groups -OCH3 is 1. The summed E-state index contributed by atoms with van der Waals surface area (Å²) >= 11 is 5.16. The zero-order valence-electron chi connectivity index (χ0n) is 16.5. The molecule has 2 aromatic carbocycles. The van der Waals surface area contributed by atoms with Gasteiger partial charge in [-0.2, -0.15) is 0 Å². The highest BCUT2D eigenvalue weighted by molar-refractivity contribution is 7.80. The summed E-state index contributed by atoms with van der Waals surface area (Å²) in [6.45, 7) is 2.37. The predicted octanol–water partition coefficient (Wildman–Crippen LogP) is 1.56. The Hall–Kier alpha value is -2.97. The van der Waals surface area contributed by atoms with Crippen molar-refractivity contribution in [3.63, 3.8) is 0 Å². The van der Waals surface area contributed by atoms with Gasteiger partial charge in [-0.1, -0.05) is 48.5 Å². The van der Waals surface area contributed by atoms with Crippen molar-refractivity contribution in [2.24, 2.45) is 0 Å². The van der Waals surface area contributed by atoms with E-state index in [2.05, 4.69) is 21.5 Å². The average Bonchev–Trinajstić information content (AvgIpc) is 2.73. The SMILES string of the molecule is COC[C@H](C)NC(=S)NNC(=O)[C@@H](Cc1ccccc1)NC(=O)c1ccccc1. The zero-order chi connectivity index (χ0) is 21.1. The number of carbonyl (C=O) groups is 2. The van der Waals surface area contributed by atoms with Crippen LogP contribution in [0.15, 0.2) is 60.7 Å². The third kappa shape index (κ3) is 7.89. The van der Waals surface area contributed by atoms with Gasteiger partial charge in [-0.25, -0.2) is 0 Å². The van der Waals surface area contributed by atoms with Crippen LogP contribution in [0, 0.1) is 0 Å². The van der Waals surface area contributed by atoms with Crippen molar-refractivity contribution in [3.05, 3.63) is 71.8 Å². The van der Waals surface area contributed by atoms with Crippen molar-refractivity contribution in [2.75, 3.05) is 13.7 Å². The van der Waals surface area contributed by atoms with Crippen LogP contribution in [0.5, 0.6) is 0 Å². The van der Waals surface area contributed by atoms with Gasteiger partial charge in [0.2, 0.25) is 0 Å². The summed E-state index contributed by atoms with van der Waals surface area (Å²) in [5.41, 5.74) is 6.63. The van der Waals surface area contributed by atoms with E-state index in [1.165, 1.54) is 0 Å². The van der Waals surface area contributed by atoms with Crippen LogP contribution < -0.4 is 21.5 Å². The van der Waals surface area contributed by atoms with Crippen LogP contribution in [0.3, 0.4) is 0 Å². The van der Waals surface area contributed by atoms with Crippen LogP contribution in [0.1, 0.15) is 22.8 Å². The highest BCUT2D eigenvalue weighted by atomic mass is 32.1. The maximum absolute atomic E-state index is 12.7. The Morgan fingerprint density at radius 3 is 2.21 bits per heavy atom. The van der Waals surface area contributed by atoms with Gasteiger partial charge in [0.25, 0.3) is 11.8 Å². The molecule has 0 fully saturated rings. The average molecular weight is 415 g/mol. The first-order valence-electron chi connectivity index (χ1n) is 9.24. The van der Waals surface area contributed by atoms with E-state index in [9.17, 15) is 9.59 Å². The second kappa shape index (κ2) is 11.8. The largest absolute Gasteiger partial charge is 0.383 e.